The number of fused-ring (bicyclic) bond motifs is 3. The lowest BCUT2D eigenvalue weighted by atomic mass is 10.0. The lowest BCUT2D eigenvalue weighted by Gasteiger charge is -2.15. The molecule has 3 rings (SSSR count). The number of benzene rings is 1. The summed E-state index contributed by atoms with van der Waals surface area (Å²) in [5, 5.41) is 6.90. The zero-order chi connectivity index (χ0) is 11.8. The molecule has 0 bridgehead atoms. The maximum absolute atomic E-state index is 5.66. The van der Waals surface area contributed by atoms with E-state index in [9.17, 15) is 0 Å². The van der Waals surface area contributed by atoms with E-state index in [4.69, 9.17) is 21.5 Å². The van der Waals surface area contributed by atoms with Gasteiger partial charge in [-0.1, -0.05) is 29.5 Å². The largest absolute Gasteiger partial charge is 0.488 e. The highest BCUT2D eigenvalue weighted by molar-refractivity contribution is 7.80. The molecule has 0 saturated heterocycles. The first-order valence-electron chi connectivity index (χ1n) is 5.24. The summed E-state index contributed by atoms with van der Waals surface area (Å²) in [5.41, 5.74) is 2.49. The van der Waals surface area contributed by atoms with E-state index < -0.39 is 0 Å². The summed E-state index contributed by atoms with van der Waals surface area (Å²) in [5.74, 6) is 1.57. The van der Waals surface area contributed by atoms with Crippen LogP contribution in [0.25, 0.3) is 11.3 Å². The molecule has 1 aliphatic heterocycles. The van der Waals surface area contributed by atoms with E-state index in [1.165, 1.54) is 0 Å². The van der Waals surface area contributed by atoms with E-state index in [0.29, 0.717) is 17.3 Å². The van der Waals surface area contributed by atoms with Crippen molar-refractivity contribution >= 4 is 17.2 Å². The molecule has 0 unspecified atom stereocenters. The fraction of sp³-hybridized carbons (Fsp3) is 0.167. The second-order valence-electron chi connectivity index (χ2n) is 3.70. The first-order valence-corrected chi connectivity index (χ1v) is 5.65. The second kappa shape index (κ2) is 3.85. The quantitative estimate of drug-likeness (QED) is 0.781. The molecule has 1 N–H and O–H groups in total. The van der Waals surface area contributed by atoms with Gasteiger partial charge >= 0.3 is 0 Å². The van der Waals surface area contributed by atoms with Gasteiger partial charge < -0.3 is 14.6 Å². The van der Waals surface area contributed by atoms with Gasteiger partial charge in [0.05, 0.1) is 11.1 Å². The predicted octanol–water partition coefficient (Wildman–Crippen LogP) is 2.13. The van der Waals surface area contributed by atoms with Crippen molar-refractivity contribution in [3.05, 3.63) is 35.5 Å². The highest BCUT2D eigenvalue weighted by atomic mass is 32.1. The van der Waals surface area contributed by atoms with E-state index in [2.05, 4.69) is 10.5 Å². The first-order chi connectivity index (χ1) is 8.31. The molecule has 0 saturated carbocycles. The minimum absolute atomic E-state index is 0.438. The number of hydrogen-bond donors (Lipinski definition) is 1. The van der Waals surface area contributed by atoms with Crippen LogP contribution in [0, 0.1) is 0 Å². The average Bonchev–Trinajstić information content (AvgIpc) is 2.82. The Morgan fingerprint density at radius 1 is 1.41 bits per heavy atom. The van der Waals surface area contributed by atoms with Gasteiger partial charge in [-0.2, -0.15) is 0 Å². The fourth-order valence-corrected chi connectivity index (χ4v) is 2.04. The molecule has 2 heterocycles. The molecule has 5 heteroatoms. The SMILES string of the molecule is CNC(=S)c1noc2c1COc1ccccc1-2. The van der Waals surface area contributed by atoms with E-state index in [1.807, 2.05) is 24.3 Å². The molecule has 0 amide bonds. The van der Waals surface area contributed by atoms with Gasteiger partial charge in [0.15, 0.2) is 5.76 Å². The number of nitrogens with zero attached hydrogens (tertiary/aromatic N) is 1. The molecule has 0 atom stereocenters. The maximum atomic E-state index is 5.66. The summed E-state index contributed by atoms with van der Waals surface area (Å²) in [4.78, 5) is 0.568. The number of thiocarbonyl (C=S) groups is 1. The minimum atomic E-state index is 0.438. The molecule has 0 spiro atoms. The summed E-state index contributed by atoms with van der Waals surface area (Å²) in [7, 11) is 1.76. The van der Waals surface area contributed by atoms with Crippen LogP contribution in [0.5, 0.6) is 5.75 Å². The van der Waals surface area contributed by atoms with Gasteiger partial charge in [0.25, 0.3) is 0 Å². The number of hydrogen-bond acceptors (Lipinski definition) is 4. The number of para-hydroxylation sites is 1. The molecular formula is C12H10N2O2S. The topological polar surface area (TPSA) is 47.3 Å². The monoisotopic (exact) mass is 246 g/mol. The minimum Gasteiger partial charge on any atom is -0.488 e. The van der Waals surface area contributed by atoms with Gasteiger partial charge in [0.1, 0.15) is 23.0 Å². The predicted molar refractivity (Wildman–Crippen MR) is 67.0 cm³/mol. The van der Waals surface area contributed by atoms with Gasteiger partial charge in [-0.05, 0) is 12.1 Å². The normalized spacial score (nSPS) is 12.3. The van der Waals surface area contributed by atoms with Crippen molar-refractivity contribution in [2.45, 2.75) is 6.61 Å². The standard InChI is InChI=1S/C12H10N2O2S/c1-13-12(17)10-8-6-15-9-5-3-2-4-7(9)11(8)16-14-10/h2-5H,6H2,1H3,(H,13,17). The van der Waals surface area contributed by atoms with Crippen molar-refractivity contribution in [2.24, 2.45) is 0 Å². The van der Waals surface area contributed by atoms with Crippen LogP contribution in [-0.2, 0) is 6.61 Å². The number of aromatic nitrogens is 1. The lowest BCUT2D eigenvalue weighted by molar-refractivity contribution is 0.297. The Bertz CT molecular complexity index is 592. The molecule has 0 aliphatic carbocycles. The van der Waals surface area contributed by atoms with E-state index in [1.54, 1.807) is 7.05 Å². The van der Waals surface area contributed by atoms with Gasteiger partial charge in [0, 0.05) is 7.05 Å². The molecule has 0 fully saturated rings. The van der Waals surface area contributed by atoms with E-state index in [0.717, 1.165) is 22.6 Å². The van der Waals surface area contributed by atoms with Gasteiger partial charge in [-0.3, -0.25) is 0 Å². The zero-order valence-corrected chi connectivity index (χ0v) is 10.0. The fourth-order valence-electron chi connectivity index (χ4n) is 1.88. The van der Waals surface area contributed by atoms with Crippen LogP contribution in [0.4, 0.5) is 0 Å². The molecule has 4 nitrogen and oxygen atoms in total. The second-order valence-corrected chi connectivity index (χ2v) is 4.11. The van der Waals surface area contributed by atoms with Crippen LogP contribution in [0.15, 0.2) is 28.8 Å². The van der Waals surface area contributed by atoms with Gasteiger partial charge in [0.2, 0.25) is 0 Å². The Hall–Kier alpha value is -1.88. The maximum Gasteiger partial charge on any atom is 0.177 e. The van der Waals surface area contributed by atoms with Crippen molar-refractivity contribution in [3.63, 3.8) is 0 Å². The highest BCUT2D eigenvalue weighted by Gasteiger charge is 2.26. The van der Waals surface area contributed by atoms with Crippen LogP contribution in [0.2, 0.25) is 0 Å². The van der Waals surface area contributed by atoms with Crippen LogP contribution in [0.3, 0.4) is 0 Å². The van der Waals surface area contributed by atoms with Crippen LogP contribution < -0.4 is 10.1 Å². The number of ether oxygens (including phenoxy) is 1. The molecule has 86 valence electrons. The molecule has 1 aromatic carbocycles. The van der Waals surface area contributed by atoms with Crippen molar-refractivity contribution in [2.75, 3.05) is 7.05 Å². The van der Waals surface area contributed by atoms with Gasteiger partial charge in [-0.15, -0.1) is 0 Å². The van der Waals surface area contributed by atoms with Gasteiger partial charge in [-0.25, -0.2) is 0 Å². The first kappa shape index (κ1) is 10.3. The van der Waals surface area contributed by atoms with Crippen molar-refractivity contribution in [1.29, 1.82) is 0 Å². The summed E-state index contributed by atoms with van der Waals surface area (Å²) in [6.45, 7) is 0.438. The van der Waals surface area contributed by atoms with Crippen molar-refractivity contribution in [1.82, 2.24) is 10.5 Å². The smallest absolute Gasteiger partial charge is 0.177 e. The summed E-state index contributed by atoms with van der Waals surface area (Å²) < 4.78 is 11.0. The Kier molecular flexibility index (Phi) is 2.33. The van der Waals surface area contributed by atoms with E-state index in [-0.39, 0.29) is 0 Å². The molecule has 1 aromatic heterocycles. The summed E-state index contributed by atoms with van der Waals surface area (Å²) in [6, 6.07) is 7.73. The Morgan fingerprint density at radius 3 is 3.06 bits per heavy atom. The Labute approximate surface area is 104 Å². The third kappa shape index (κ3) is 1.51. The zero-order valence-electron chi connectivity index (χ0n) is 9.19. The lowest BCUT2D eigenvalue weighted by Crippen LogP contribution is -2.19. The number of rotatable bonds is 1. The van der Waals surface area contributed by atoms with Crippen LogP contribution >= 0.6 is 12.2 Å². The van der Waals surface area contributed by atoms with Crippen molar-refractivity contribution in [3.8, 4) is 17.1 Å². The number of nitrogens with one attached hydrogen (secondary N) is 1. The van der Waals surface area contributed by atoms with Crippen molar-refractivity contribution < 1.29 is 9.26 Å². The summed E-state index contributed by atoms with van der Waals surface area (Å²) >= 11 is 5.17. The van der Waals surface area contributed by atoms with Crippen LogP contribution in [-0.4, -0.2) is 17.2 Å². The molecule has 17 heavy (non-hydrogen) atoms. The van der Waals surface area contributed by atoms with E-state index >= 15 is 0 Å². The highest BCUT2D eigenvalue weighted by Crippen LogP contribution is 2.38. The molecular weight excluding hydrogens is 236 g/mol. The molecule has 0 radical (unpaired) electrons. The van der Waals surface area contributed by atoms with Crippen LogP contribution in [0.1, 0.15) is 11.3 Å². The summed E-state index contributed by atoms with van der Waals surface area (Å²) in [6.07, 6.45) is 0. The Balaban J connectivity index is 2.16. The Morgan fingerprint density at radius 2 is 2.24 bits per heavy atom. The third-order valence-corrected chi connectivity index (χ3v) is 3.13. The third-order valence-electron chi connectivity index (χ3n) is 2.73. The molecule has 2 aromatic rings. The molecule has 1 aliphatic rings. The average molecular weight is 246 g/mol.